The van der Waals surface area contributed by atoms with Crippen LogP contribution < -0.4 is 10.1 Å². The molecule has 7 nitrogen and oxygen atoms in total. The minimum absolute atomic E-state index is 0.0786. The van der Waals surface area contributed by atoms with Gasteiger partial charge in [0.2, 0.25) is 5.91 Å². The van der Waals surface area contributed by atoms with Gasteiger partial charge in [0, 0.05) is 36.9 Å². The van der Waals surface area contributed by atoms with Crippen LogP contribution >= 0.6 is 0 Å². The maximum atomic E-state index is 13.0. The molecule has 0 radical (unpaired) electrons. The van der Waals surface area contributed by atoms with E-state index < -0.39 is 6.04 Å². The van der Waals surface area contributed by atoms with Crippen molar-refractivity contribution in [2.24, 2.45) is 0 Å². The molecule has 1 aliphatic carbocycles. The number of ether oxygens (including phenoxy) is 2. The predicted molar refractivity (Wildman–Crippen MR) is 135 cm³/mol. The lowest BCUT2D eigenvalue weighted by Gasteiger charge is -2.44. The molecule has 0 bridgehead atoms. The van der Waals surface area contributed by atoms with Gasteiger partial charge >= 0.3 is 0 Å². The van der Waals surface area contributed by atoms with Gasteiger partial charge in [0.25, 0.3) is 5.91 Å². The molecular formula is C29H33N3O4. The van der Waals surface area contributed by atoms with Gasteiger partial charge in [-0.1, -0.05) is 36.9 Å². The van der Waals surface area contributed by atoms with Gasteiger partial charge in [-0.15, -0.1) is 0 Å². The van der Waals surface area contributed by atoms with Crippen LogP contribution in [0.2, 0.25) is 0 Å². The zero-order valence-corrected chi connectivity index (χ0v) is 20.5. The lowest BCUT2D eigenvalue weighted by Crippen LogP contribution is -2.58. The van der Waals surface area contributed by atoms with E-state index >= 15 is 0 Å². The molecule has 2 saturated heterocycles. The van der Waals surface area contributed by atoms with E-state index in [1.165, 1.54) is 5.56 Å². The average Bonchev–Trinajstić information content (AvgIpc) is 3.43. The van der Waals surface area contributed by atoms with Crippen LogP contribution in [0, 0.1) is 0 Å². The van der Waals surface area contributed by atoms with Crippen LogP contribution in [-0.4, -0.2) is 59.0 Å². The maximum absolute atomic E-state index is 13.0. The molecule has 2 amide bonds. The summed E-state index contributed by atoms with van der Waals surface area (Å²) in [6.07, 6.45) is 5.05. The van der Waals surface area contributed by atoms with Gasteiger partial charge in [0.05, 0.1) is 12.7 Å². The van der Waals surface area contributed by atoms with Crippen molar-refractivity contribution in [2.75, 3.05) is 13.1 Å². The van der Waals surface area contributed by atoms with Crippen molar-refractivity contribution in [3.05, 3.63) is 77.5 Å². The summed E-state index contributed by atoms with van der Waals surface area (Å²) in [5.41, 5.74) is 3.53. The van der Waals surface area contributed by atoms with Crippen molar-refractivity contribution >= 4 is 11.8 Å². The number of benzene rings is 2. The first-order chi connectivity index (χ1) is 17.5. The van der Waals surface area contributed by atoms with Crippen molar-refractivity contribution in [3.8, 4) is 5.75 Å². The molecule has 7 heteroatoms. The molecule has 6 rings (SSSR count). The third-order valence-corrected chi connectivity index (χ3v) is 7.99. The molecule has 36 heavy (non-hydrogen) atoms. The van der Waals surface area contributed by atoms with Crippen LogP contribution in [0.3, 0.4) is 0 Å². The minimum atomic E-state index is -0.442. The third-order valence-electron chi connectivity index (χ3n) is 7.99. The van der Waals surface area contributed by atoms with Crippen molar-refractivity contribution in [1.82, 2.24) is 15.1 Å². The summed E-state index contributed by atoms with van der Waals surface area (Å²) in [6, 6.07) is 16.0. The Morgan fingerprint density at radius 3 is 2.67 bits per heavy atom. The zero-order valence-electron chi connectivity index (χ0n) is 20.5. The van der Waals surface area contributed by atoms with E-state index in [-0.39, 0.29) is 24.0 Å². The molecule has 188 valence electrons. The summed E-state index contributed by atoms with van der Waals surface area (Å²) in [4.78, 5) is 29.6. The van der Waals surface area contributed by atoms with Gasteiger partial charge in [-0.25, -0.2) is 0 Å². The highest BCUT2D eigenvalue weighted by molar-refractivity contribution is 6.01. The fourth-order valence-electron chi connectivity index (χ4n) is 5.97. The van der Waals surface area contributed by atoms with Gasteiger partial charge in [-0.2, -0.15) is 0 Å². The summed E-state index contributed by atoms with van der Waals surface area (Å²) in [6.45, 7) is 6.83. The molecule has 3 fully saturated rings. The first-order valence-corrected chi connectivity index (χ1v) is 13.0. The van der Waals surface area contributed by atoms with Crippen LogP contribution in [-0.2, 0) is 22.7 Å². The van der Waals surface area contributed by atoms with Crippen LogP contribution in [0.4, 0.5) is 0 Å². The average molecular weight is 488 g/mol. The van der Waals surface area contributed by atoms with Gasteiger partial charge < -0.3 is 19.7 Å². The first kappa shape index (κ1) is 23.3. The molecule has 4 aliphatic rings. The normalized spacial score (nSPS) is 26.6. The van der Waals surface area contributed by atoms with Crippen molar-refractivity contribution in [2.45, 2.75) is 69.5 Å². The molecule has 0 aromatic heterocycles. The number of carbonyl (C=O) groups excluding carboxylic acids is 2. The first-order valence-electron chi connectivity index (χ1n) is 13.0. The van der Waals surface area contributed by atoms with Gasteiger partial charge in [-0.3, -0.25) is 14.5 Å². The number of piperidine rings is 1. The van der Waals surface area contributed by atoms with Crippen molar-refractivity contribution in [1.29, 1.82) is 0 Å². The summed E-state index contributed by atoms with van der Waals surface area (Å²) in [5, 5.41) is 2.79. The number of hydrogen-bond donors (Lipinski definition) is 1. The van der Waals surface area contributed by atoms with E-state index in [0.29, 0.717) is 37.6 Å². The Morgan fingerprint density at radius 2 is 1.86 bits per heavy atom. The van der Waals surface area contributed by atoms with E-state index in [2.05, 4.69) is 28.9 Å². The van der Waals surface area contributed by atoms with E-state index in [1.807, 2.05) is 36.4 Å². The lowest BCUT2D eigenvalue weighted by atomic mass is 10.0. The number of rotatable bonds is 7. The second-order valence-electron chi connectivity index (χ2n) is 10.4. The number of fused-ring (bicyclic) bond motifs is 1. The second kappa shape index (κ2) is 9.71. The van der Waals surface area contributed by atoms with E-state index in [1.54, 1.807) is 4.90 Å². The highest BCUT2D eigenvalue weighted by Crippen LogP contribution is 2.35. The smallest absolute Gasteiger partial charge is 0.255 e. The number of carbonyl (C=O) groups is 2. The number of nitrogens with zero attached hydrogens (tertiary/aromatic N) is 2. The maximum Gasteiger partial charge on any atom is 0.255 e. The van der Waals surface area contributed by atoms with Gasteiger partial charge in [-0.05, 0) is 61.4 Å². The molecule has 2 aromatic rings. The molecule has 1 N–H and O–H groups in total. The number of hydrogen-bond acceptors (Lipinski definition) is 5. The summed E-state index contributed by atoms with van der Waals surface area (Å²) >= 11 is 0. The molecule has 0 spiro atoms. The number of amides is 2. The molecule has 3 aliphatic heterocycles. The Labute approximate surface area is 212 Å². The Balaban J connectivity index is 1.05. The van der Waals surface area contributed by atoms with E-state index in [9.17, 15) is 9.59 Å². The SMILES string of the molecule is C=C1CCC(N2Cc3cc(O[C@H]4CCC[C@@H]4N4CC(OCc5ccccc5)C4)ccc3C2=O)C(=O)N1. The zero-order chi connectivity index (χ0) is 24.6. The van der Waals surface area contributed by atoms with E-state index in [4.69, 9.17) is 9.47 Å². The van der Waals surface area contributed by atoms with Crippen LogP contribution in [0.5, 0.6) is 5.75 Å². The second-order valence-corrected chi connectivity index (χ2v) is 10.4. The fourth-order valence-corrected chi connectivity index (χ4v) is 5.97. The van der Waals surface area contributed by atoms with Gasteiger partial charge in [0.1, 0.15) is 17.9 Å². The summed E-state index contributed by atoms with van der Waals surface area (Å²) in [5.74, 6) is 0.586. The van der Waals surface area contributed by atoms with Crippen LogP contribution in [0.1, 0.15) is 53.6 Å². The molecule has 1 saturated carbocycles. The van der Waals surface area contributed by atoms with Crippen LogP contribution in [0.25, 0.3) is 0 Å². The minimum Gasteiger partial charge on any atom is -0.489 e. The highest BCUT2D eigenvalue weighted by Gasteiger charge is 2.41. The standard InChI is InChI=1S/C29H33N3O4/c1-19-10-13-26(28(33)30-19)32-15-21-14-22(11-12-24(21)29(32)34)36-27-9-5-8-25(27)31-16-23(17-31)35-18-20-6-3-2-4-7-20/h2-4,6-7,11-12,14,23,25-27H,1,5,8-10,13,15-18H2,(H,30,33)/t25-,26?,27-/m0/s1. The topological polar surface area (TPSA) is 71.1 Å². The molecular weight excluding hydrogens is 454 g/mol. The van der Waals surface area contributed by atoms with Gasteiger partial charge in [0.15, 0.2) is 0 Å². The largest absolute Gasteiger partial charge is 0.489 e. The Hall–Kier alpha value is -3.16. The number of allylic oxidation sites excluding steroid dienone is 1. The fraction of sp³-hybridized carbons (Fsp3) is 0.448. The summed E-state index contributed by atoms with van der Waals surface area (Å²) < 4.78 is 12.6. The third kappa shape index (κ3) is 4.53. The Kier molecular flexibility index (Phi) is 6.27. The molecule has 1 unspecified atom stereocenters. The van der Waals surface area contributed by atoms with E-state index in [0.717, 1.165) is 49.4 Å². The van der Waals surface area contributed by atoms with Crippen molar-refractivity contribution < 1.29 is 19.1 Å². The Morgan fingerprint density at radius 1 is 1.03 bits per heavy atom. The number of nitrogens with one attached hydrogen (secondary N) is 1. The molecule has 3 atom stereocenters. The predicted octanol–water partition coefficient (Wildman–Crippen LogP) is 3.64. The number of likely N-dealkylation sites (tertiary alicyclic amines) is 1. The monoisotopic (exact) mass is 487 g/mol. The Bertz CT molecular complexity index is 1160. The highest BCUT2D eigenvalue weighted by atomic mass is 16.5. The molecule has 3 heterocycles. The lowest BCUT2D eigenvalue weighted by molar-refractivity contribution is -0.126. The van der Waals surface area contributed by atoms with Crippen LogP contribution in [0.15, 0.2) is 60.8 Å². The molecule has 2 aromatic carbocycles. The van der Waals surface area contributed by atoms with Crippen molar-refractivity contribution in [3.63, 3.8) is 0 Å². The quantitative estimate of drug-likeness (QED) is 0.646. The summed E-state index contributed by atoms with van der Waals surface area (Å²) in [7, 11) is 0.